The second-order valence-corrected chi connectivity index (χ2v) is 6.63. The maximum atomic E-state index is 11.6. The monoisotopic (exact) mass is 280 g/mol. The van der Waals surface area contributed by atoms with Gasteiger partial charge in [-0.25, -0.2) is 0 Å². The first kappa shape index (κ1) is 12.8. The molecule has 1 aromatic rings. The molecule has 2 aliphatic carbocycles. The summed E-state index contributed by atoms with van der Waals surface area (Å²) < 4.78 is 5.38. The fraction of sp³-hybridized carbons (Fsp3) is 0.643. The Hall–Kier alpha value is -1.23. The average molecular weight is 280 g/mol. The Morgan fingerprint density at radius 1 is 1.37 bits per heavy atom. The molecule has 0 saturated heterocycles. The van der Waals surface area contributed by atoms with Crippen LogP contribution in [0.1, 0.15) is 42.3 Å². The van der Waals surface area contributed by atoms with Crippen molar-refractivity contribution in [2.75, 3.05) is 18.2 Å². The third kappa shape index (κ3) is 2.43. The zero-order valence-electron chi connectivity index (χ0n) is 11.4. The molecule has 0 atom stereocenters. The number of carbonyl (C=O) groups is 1. The minimum absolute atomic E-state index is 0.00300. The van der Waals surface area contributed by atoms with Gasteiger partial charge in [0, 0.05) is 13.0 Å². The highest BCUT2D eigenvalue weighted by Gasteiger charge is 2.42. The minimum atomic E-state index is 0.00300. The SMILES string of the molecule is COc1c(NC(C2CC2)C2CC2)sc(C(C)=O)c1N. The lowest BCUT2D eigenvalue weighted by Crippen LogP contribution is -2.23. The van der Waals surface area contributed by atoms with Crippen LogP contribution in [-0.4, -0.2) is 18.9 Å². The number of rotatable bonds is 6. The predicted octanol–water partition coefficient (Wildman–Crippen LogP) is 3.14. The van der Waals surface area contributed by atoms with Gasteiger partial charge in [-0.05, 0) is 37.5 Å². The molecule has 3 rings (SSSR count). The zero-order valence-corrected chi connectivity index (χ0v) is 12.2. The van der Waals surface area contributed by atoms with Crippen LogP contribution in [0.5, 0.6) is 5.75 Å². The number of nitrogens with two attached hydrogens (primary N) is 1. The standard InChI is InChI=1S/C14H20N2O2S/c1-7(17)13-10(15)12(18-2)14(19-13)16-11(8-3-4-8)9-5-6-9/h8-9,11,16H,3-6,15H2,1-2H3. The Kier molecular flexibility index (Phi) is 3.17. The van der Waals surface area contributed by atoms with Gasteiger partial charge in [0.25, 0.3) is 0 Å². The Labute approximate surface area is 117 Å². The number of thiophene rings is 1. The van der Waals surface area contributed by atoms with Gasteiger partial charge in [-0.15, -0.1) is 11.3 Å². The molecule has 4 nitrogen and oxygen atoms in total. The van der Waals surface area contributed by atoms with Crippen LogP contribution in [0.25, 0.3) is 0 Å². The molecule has 0 aliphatic heterocycles. The van der Waals surface area contributed by atoms with Crippen molar-refractivity contribution in [2.24, 2.45) is 11.8 Å². The van der Waals surface area contributed by atoms with E-state index >= 15 is 0 Å². The van der Waals surface area contributed by atoms with E-state index in [0.717, 1.165) is 16.8 Å². The van der Waals surface area contributed by atoms with Crippen LogP contribution in [0.4, 0.5) is 10.7 Å². The van der Waals surface area contributed by atoms with Gasteiger partial charge in [0.15, 0.2) is 11.5 Å². The molecule has 104 valence electrons. The predicted molar refractivity (Wildman–Crippen MR) is 78.1 cm³/mol. The second kappa shape index (κ2) is 4.71. The molecular weight excluding hydrogens is 260 g/mol. The number of hydrogen-bond acceptors (Lipinski definition) is 5. The summed E-state index contributed by atoms with van der Waals surface area (Å²) in [4.78, 5) is 12.2. The summed E-state index contributed by atoms with van der Waals surface area (Å²) in [5.74, 6) is 2.23. The number of hydrogen-bond donors (Lipinski definition) is 2. The van der Waals surface area contributed by atoms with E-state index in [-0.39, 0.29) is 5.78 Å². The first-order valence-electron chi connectivity index (χ1n) is 6.85. The number of nitrogens with one attached hydrogen (secondary N) is 1. The third-order valence-electron chi connectivity index (χ3n) is 3.98. The van der Waals surface area contributed by atoms with Crippen molar-refractivity contribution in [3.63, 3.8) is 0 Å². The van der Waals surface area contributed by atoms with Crippen LogP contribution >= 0.6 is 11.3 Å². The highest BCUT2D eigenvalue weighted by molar-refractivity contribution is 7.19. The fourth-order valence-electron chi connectivity index (χ4n) is 2.67. The molecule has 1 aromatic heterocycles. The summed E-state index contributed by atoms with van der Waals surface area (Å²) in [6.45, 7) is 1.55. The summed E-state index contributed by atoms with van der Waals surface area (Å²) in [6, 6.07) is 0.534. The van der Waals surface area contributed by atoms with Crippen molar-refractivity contribution >= 4 is 27.8 Å². The van der Waals surface area contributed by atoms with Crippen LogP contribution in [0.2, 0.25) is 0 Å². The lowest BCUT2D eigenvalue weighted by atomic mass is 10.1. The Bertz CT molecular complexity index is 492. The summed E-state index contributed by atoms with van der Waals surface area (Å²) in [5, 5.41) is 4.52. The Balaban J connectivity index is 1.86. The van der Waals surface area contributed by atoms with Gasteiger partial charge in [0.2, 0.25) is 0 Å². The van der Waals surface area contributed by atoms with Gasteiger partial charge in [-0.3, -0.25) is 4.79 Å². The Morgan fingerprint density at radius 2 is 1.95 bits per heavy atom. The van der Waals surface area contributed by atoms with Crippen LogP contribution in [0, 0.1) is 11.8 Å². The minimum Gasteiger partial charge on any atom is -0.492 e. The quantitative estimate of drug-likeness (QED) is 0.786. The molecule has 0 amide bonds. The summed E-state index contributed by atoms with van der Waals surface area (Å²) >= 11 is 1.43. The van der Waals surface area contributed by atoms with Gasteiger partial charge < -0.3 is 15.8 Å². The van der Waals surface area contributed by atoms with Crippen molar-refractivity contribution in [2.45, 2.75) is 38.6 Å². The van der Waals surface area contributed by atoms with Gasteiger partial charge in [-0.1, -0.05) is 0 Å². The van der Waals surface area contributed by atoms with E-state index in [4.69, 9.17) is 10.5 Å². The first-order chi connectivity index (χ1) is 9.11. The van der Waals surface area contributed by atoms with Crippen molar-refractivity contribution in [1.82, 2.24) is 0 Å². The van der Waals surface area contributed by atoms with Gasteiger partial charge in [0.05, 0.1) is 17.7 Å². The number of nitrogen functional groups attached to an aromatic ring is 1. The molecule has 1 heterocycles. The Morgan fingerprint density at radius 3 is 2.37 bits per heavy atom. The van der Waals surface area contributed by atoms with E-state index in [2.05, 4.69) is 5.32 Å². The zero-order chi connectivity index (χ0) is 13.6. The van der Waals surface area contributed by atoms with Gasteiger partial charge >= 0.3 is 0 Å². The van der Waals surface area contributed by atoms with E-state index in [9.17, 15) is 4.79 Å². The maximum absolute atomic E-state index is 11.6. The second-order valence-electron chi connectivity index (χ2n) is 5.61. The highest BCUT2D eigenvalue weighted by atomic mass is 32.1. The van der Waals surface area contributed by atoms with Crippen molar-refractivity contribution < 1.29 is 9.53 Å². The molecule has 2 aliphatic rings. The van der Waals surface area contributed by atoms with E-state index in [1.165, 1.54) is 37.0 Å². The molecule has 0 bridgehead atoms. The number of methoxy groups -OCH3 is 1. The lowest BCUT2D eigenvalue weighted by molar-refractivity contribution is 0.102. The van der Waals surface area contributed by atoms with Gasteiger partial charge in [-0.2, -0.15) is 0 Å². The molecule has 3 N–H and O–H groups in total. The normalized spacial score (nSPS) is 18.7. The van der Waals surface area contributed by atoms with Gasteiger partial charge in [0.1, 0.15) is 5.00 Å². The summed E-state index contributed by atoms with van der Waals surface area (Å²) in [5.41, 5.74) is 6.48. The smallest absolute Gasteiger partial charge is 0.176 e. The maximum Gasteiger partial charge on any atom is 0.176 e. The number of Topliss-reactive ketones (excluding diaryl/α,β-unsaturated/α-hetero) is 1. The van der Waals surface area contributed by atoms with E-state index < -0.39 is 0 Å². The van der Waals surface area contributed by atoms with E-state index in [1.807, 2.05) is 0 Å². The molecule has 0 spiro atoms. The molecule has 0 radical (unpaired) electrons. The summed E-state index contributed by atoms with van der Waals surface area (Å²) in [7, 11) is 1.61. The van der Waals surface area contributed by atoms with Crippen LogP contribution in [0.3, 0.4) is 0 Å². The highest BCUT2D eigenvalue weighted by Crippen LogP contribution is 2.49. The first-order valence-corrected chi connectivity index (χ1v) is 7.67. The number of ketones is 1. The molecule has 0 aromatic carbocycles. The van der Waals surface area contributed by atoms with E-state index in [0.29, 0.717) is 22.4 Å². The number of carbonyl (C=O) groups excluding carboxylic acids is 1. The number of anilines is 2. The van der Waals surface area contributed by atoms with Crippen molar-refractivity contribution in [3.05, 3.63) is 4.88 Å². The van der Waals surface area contributed by atoms with Crippen molar-refractivity contribution in [3.8, 4) is 5.75 Å². The lowest BCUT2D eigenvalue weighted by Gasteiger charge is -2.18. The molecule has 2 saturated carbocycles. The van der Waals surface area contributed by atoms with Crippen LogP contribution < -0.4 is 15.8 Å². The van der Waals surface area contributed by atoms with Crippen molar-refractivity contribution in [1.29, 1.82) is 0 Å². The summed E-state index contributed by atoms with van der Waals surface area (Å²) in [6.07, 6.45) is 5.27. The number of ether oxygens (including phenoxy) is 1. The van der Waals surface area contributed by atoms with Crippen LogP contribution in [-0.2, 0) is 0 Å². The topological polar surface area (TPSA) is 64.3 Å². The molecule has 0 unspecified atom stereocenters. The molecule has 2 fully saturated rings. The average Bonchev–Trinajstić information content (AvgIpc) is 3.25. The fourth-order valence-corrected chi connectivity index (χ4v) is 3.70. The molecule has 5 heteroatoms. The van der Waals surface area contributed by atoms with E-state index in [1.54, 1.807) is 14.0 Å². The molecule has 19 heavy (non-hydrogen) atoms. The van der Waals surface area contributed by atoms with Crippen LogP contribution in [0.15, 0.2) is 0 Å². The largest absolute Gasteiger partial charge is 0.492 e. The molecular formula is C14H20N2O2S. The third-order valence-corrected chi connectivity index (χ3v) is 5.20.